The first-order valence-corrected chi connectivity index (χ1v) is 21.6. The Labute approximate surface area is 357 Å². The van der Waals surface area contributed by atoms with Crippen LogP contribution in [0.5, 0.6) is 11.5 Å². The molecule has 2 aliphatic rings. The maximum atomic E-state index is 13.5. The SMILES string of the molecule is COc1ccc(C(OC(C)C23COC(C(n4ccc(=O)[nH]c4=O)O2)C3OP(OCCC#N)N(c2ccccc2C(C)C)C(C)C)(c2ccccc2)c2ccc(OC)cc2)cc1. The van der Waals surface area contributed by atoms with Gasteiger partial charge in [-0.2, -0.15) is 5.26 Å². The lowest BCUT2D eigenvalue weighted by Crippen LogP contribution is -2.55. The van der Waals surface area contributed by atoms with E-state index in [1.54, 1.807) is 14.2 Å². The van der Waals surface area contributed by atoms with Gasteiger partial charge in [-0.1, -0.05) is 86.6 Å². The number of nitrogens with one attached hydrogen (secondary N) is 1. The number of methoxy groups -OCH3 is 2. The summed E-state index contributed by atoms with van der Waals surface area (Å²) in [4.78, 5) is 28.1. The summed E-state index contributed by atoms with van der Waals surface area (Å²) in [6, 6.07) is 37.0. The van der Waals surface area contributed by atoms with Crippen molar-refractivity contribution in [1.29, 1.82) is 5.26 Å². The first-order chi connectivity index (χ1) is 29.5. The van der Waals surface area contributed by atoms with E-state index in [9.17, 15) is 14.9 Å². The molecule has 0 amide bonds. The zero-order chi connectivity index (χ0) is 43.3. The Kier molecular flexibility index (Phi) is 13.4. The molecule has 2 fully saturated rings. The summed E-state index contributed by atoms with van der Waals surface area (Å²) in [7, 11) is 1.29. The fourth-order valence-electron chi connectivity index (χ4n) is 8.28. The summed E-state index contributed by atoms with van der Waals surface area (Å²) >= 11 is 0. The number of aromatic nitrogens is 2. The van der Waals surface area contributed by atoms with Gasteiger partial charge in [0.1, 0.15) is 34.9 Å². The molecule has 3 heterocycles. The molecule has 0 saturated carbocycles. The molecular formula is C47H53N4O9P. The summed E-state index contributed by atoms with van der Waals surface area (Å²) in [5, 5.41) is 9.60. The lowest BCUT2D eigenvalue weighted by molar-refractivity contribution is -0.230. The second-order valence-electron chi connectivity index (χ2n) is 15.7. The molecule has 13 nitrogen and oxygen atoms in total. The number of rotatable bonds is 18. The molecule has 61 heavy (non-hydrogen) atoms. The summed E-state index contributed by atoms with van der Waals surface area (Å²) in [5.41, 5.74) is 0.702. The highest BCUT2D eigenvalue weighted by Gasteiger charge is 2.68. The molecule has 2 bridgehead atoms. The van der Waals surface area contributed by atoms with Crippen molar-refractivity contribution in [3.05, 3.63) is 158 Å². The Morgan fingerprint density at radius 2 is 1.48 bits per heavy atom. The maximum absolute atomic E-state index is 13.5. The third-order valence-corrected chi connectivity index (χ3v) is 13.2. The van der Waals surface area contributed by atoms with Crippen LogP contribution in [0.1, 0.15) is 75.4 Å². The molecule has 2 aliphatic heterocycles. The third kappa shape index (κ3) is 8.49. The highest BCUT2D eigenvalue weighted by molar-refractivity contribution is 7.49. The first-order valence-electron chi connectivity index (χ1n) is 20.5. The molecule has 6 unspecified atom stereocenters. The van der Waals surface area contributed by atoms with Crippen LogP contribution in [0.4, 0.5) is 5.69 Å². The number of nitriles is 1. The van der Waals surface area contributed by atoms with Gasteiger partial charge in [0.25, 0.3) is 14.1 Å². The molecule has 0 radical (unpaired) electrons. The summed E-state index contributed by atoms with van der Waals surface area (Å²) in [6.07, 6.45) is -2.02. The van der Waals surface area contributed by atoms with Crippen molar-refractivity contribution in [2.45, 2.75) is 88.7 Å². The van der Waals surface area contributed by atoms with Crippen LogP contribution in [-0.2, 0) is 28.9 Å². The van der Waals surface area contributed by atoms with Gasteiger partial charge in [-0.3, -0.25) is 14.3 Å². The number of H-pyrrole nitrogens is 1. The highest BCUT2D eigenvalue weighted by atomic mass is 31.2. The number of hydrogen-bond donors (Lipinski definition) is 1. The van der Waals surface area contributed by atoms with Crippen molar-refractivity contribution in [2.75, 3.05) is 32.1 Å². The molecule has 7 rings (SSSR count). The number of benzene rings is 4. The Morgan fingerprint density at radius 1 is 0.869 bits per heavy atom. The Morgan fingerprint density at radius 3 is 2.05 bits per heavy atom. The molecular weight excluding hydrogens is 796 g/mol. The Balaban J connectivity index is 1.40. The van der Waals surface area contributed by atoms with Crippen molar-refractivity contribution in [1.82, 2.24) is 9.55 Å². The monoisotopic (exact) mass is 848 g/mol. The first kappa shape index (κ1) is 43.8. The molecule has 4 aromatic carbocycles. The molecule has 0 spiro atoms. The van der Waals surface area contributed by atoms with Gasteiger partial charge in [-0.15, -0.1) is 0 Å². The standard InChI is InChI=1S/C47H53N4O9P/c1-31(2)39-16-11-12-17-40(39)51(32(3)4)61(57-29-13-27-48)60-43-42-44(50-28-26-41(52)49-45(50)53)59-46(43,30-56-42)33(5)58-47(34-14-9-8-10-15-34,35-18-22-37(54-6)23-19-35)36-20-24-38(55-7)25-21-36/h8-12,14-26,28,31-33,42-44H,13,29-30H2,1-7H3,(H,49,52,53). The van der Waals surface area contributed by atoms with E-state index < -0.39 is 55.5 Å². The van der Waals surface area contributed by atoms with Crippen LogP contribution >= 0.6 is 8.53 Å². The van der Waals surface area contributed by atoms with E-state index in [2.05, 4.69) is 55.6 Å². The number of anilines is 1. The minimum Gasteiger partial charge on any atom is -0.497 e. The van der Waals surface area contributed by atoms with E-state index in [0.29, 0.717) is 11.5 Å². The van der Waals surface area contributed by atoms with Crippen LogP contribution in [0.15, 0.2) is 125 Å². The lowest BCUT2D eigenvalue weighted by Gasteiger charge is -2.44. The van der Waals surface area contributed by atoms with Crippen molar-refractivity contribution >= 4 is 14.2 Å². The second-order valence-corrected chi connectivity index (χ2v) is 17.1. The van der Waals surface area contributed by atoms with Gasteiger partial charge in [-0.05, 0) is 79.3 Å². The van der Waals surface area contributed by atoms with Crippen molar-refractivity contribution < 1.29 is 32.7 Å². The summed E-state index contributed by atoms with van der Waals surface area (Å²) in [6.45, 7) is 10.5. The van der Waals surface area contributed by atoms with Crippen LogP contribution in [0.3, 0.4) is 0 Å². The number of ether oxygens (including phenoxy) is 5. The fraction of sp³-hybridized carbons (Fsp3) is 0.383. The van der Waals surface area contributed by atoms with Crippen molar-refractivity contribution in [2.24, 2.45) is 0 Å². The predicted octanol–water partition coefficient (Wildman–Crippen LogP) is 8.20. The molecule has 1 N–H and O–H groups in total. The zero-order valence-electron chi connectivity index (χ0n) is 35.5. The summed E-state index contributed by atoms with van der Waals surface area (Å²) in [5.74, 6) is 1.54. The minimum atomic E-state index is -1.96. The summed E-state index contributed by atoms with van der Waals surface area (Å²) < 4.78 is 49.9. The van der Waals surface area contributed by atoms with Gasteiger partial charge in [0, 0.05) is 24.0 Å². The van der Waals surface area contributed by atoms with Gasteiger partial charge >= 0.3 is 5.69 Å². The van der Waals surface area contributed by atoms with Gasteiger partial charge < -0.3 is 37.4 Å². The smallest absolute Gasteiger partial charge is 0.330 e. The Hall–Kier alpha value is -5.32. The maximum Gasteiger partial charge on any atom is 0.330 e. The molecule has 1 aromatic heterocycles. The zero-order valence-corrected chi connectivity index (χ0v) is 36.4. The van der Waals surface area contributed by atoms with Crippen molar-refractivity contribution in [3.63, 3.8) is 0 Å². The number of para-hydroxylation sites is 1. The normalized spacial score (nSPS) is 20.7. The van der Waals surface area contributed by atoms with E-state index in [1.807, 2.05) is 97.9 Å². The molecule has 5 aromatic rings. The number of aromatic amines is 1. The fourth-order valence-corrected chi connectivity index (χ4v) is 10.0. The van der Waals surface area contributed by atoms with E-state index in [1.165, 1.54) is 16.8 Å². The van der Waals surface area contributed by atoms with E-state index in [-0.39, 0.29) is 31.6 Å². The van der Waals surface area contributed by atoms with Crippen molar-refractivity contribution in [3.8, 4) is 17.6 Å². The number of fused-ring (bicyclic) bond motifs is 2. The van der Waals surface area contributed by atoms with E-state index >= 15 is 0 Å². The molecule has 6 atom stereocenters. The molecule has 320 valence electrons. The minimum absolute atomic E-state index is 0.0415. The Bertz CT molecular complexity index is 2350. The second kappa shape index (κ2) is 18.7. The molecule has 2 saturated heterocycles. The third-order valence-electron chi connectivity index (χ3n) is 11.3. The van der Waals surface area contributed by atoms with Gasteiger partial charge in [0.15, 0.2) is 6.23 Å². The largest absolute Gasteiger partial charge is 0.497 e. The van der Waals surface area contributed by atoms with E-state index in [0.717, 1.165) is 27.9 Å². The van der Waals surface area contributed by atoms with E-state index in [4.69, 9.17) is 32.7 Å². The van der Waals surface area contributed by atoms with Crippen LogP contribution < -0.4 is 25.4 Å². The van der Waals surface area contributed by atoms with Gasteiger partial charge in [0.2, 0.25) is 0 Å². The number of nitrogens with zero attached hydrogens (tertiary/aromatic N) is 3. The molecule has 0 aliphatic carbocycles. The average molecular weight is 849 g/mol. The van der Waals surface area contributed by atoms with Crippen LogP contribution in [0.2, 0.25) is 0 Å². The predicted molar refractivity (Wildman–Crippen MR) is 233 cm³/mol. The average Bonchev–Trinajstić information content (AvgIpc) is 3.78. The number of hydrogen-bond acceptors (Lipinski definition) is 11. The van der Waals surface area contributed by atoms with Crippen LogP contribution in [0.25, 0.3) is 0 Å². The highest BCUT2D eigenvalue weighted by Crippen LogP contribution is 2.58. The van der Waals surface area contributed by atoms with Crippen LogP contribution in [-0.4, -0.2) is 66.9 Å². The lowest BCUT2D eigenvalue weighted by atomic mass is 9.79. The van der Waals surface area contributed by atoms with Crippen LogP contribution in [0, 0.1) is 11.3 Å². The van der Waals surface area contributed by atoms with Gasteiger partial charge in [0.05, 0.1) is 46.0 Å². The topological polar surface area (TPSA) is 147 Å². The molecule has 14 heteroatoms. The quantitative estimate of drug-likeness (QED) is 0.0517. The van der Waals surface area contributed by atoms with Gasteiger partial charge in [-0.25, -0.2) is 4.79 Å².